The lowest BCUT2D eigenvalue weighted by Gasteiger charge is -2.16. The molecule has 31 heavy (non-hydrogen) atoms. The van der Waals surface area contributed by atoms with Crippen LogP contribution < -0.4 is 19.1 Å². The number of esters is 1. The number of carbonyl (C=O) groups excluding carboxylic acids is 3. The standard InChI is InChI=1S/C20H20N2O8S/c1-28-16-10-14(20(25)30-3)15(11-17(16)29-2)21-31(26,27)13-6-4-12(5-7-13)22-18(23)8-9-19(22)24/h4-7,10-11,21H,8-9H2,1-3H3. The van der Waals surface area contributed by atoms with Crippen LogP contribution in [0.3, 0.4) is 0 Å². The molecule has 0 saturated carbocycles. The first-order chi connectivity index (χ1) is 14.7. The summed E-state index contributed by atoms with van der Waals surface area (Å²) in [6, 6.07) is 7.86. The molecule has 1 aliphatic heterocycles. The van der Waals surface area contributed by atoms with Crippen molar-refractivity contribution in [2.45, 2.75) is 17.7 Å². The highest BCUT2D eigenvalue weighted by Gasteiger charge is 2.30. The van der Waals surface area contributed by atoms with Crippen LogP contribution in [0, 0.1) is 0 Å². The maximum atomic E-state index is 12.9. The summed E-state index contributed by atoms with van der Waals surface area (Å²) in [5.74, 6) is -1.04. The maximum absolute atomic E-state index is 12.9. The van der Waals surface area contributed by atoms with Crippen molar-refractivity contribution in [2.75, 3.05) is 31.0 Å². The number of hydrogen-bond acceptors (Lipinski definition) is 8. The molecule has 3 rings (SSSR count). The van der Waals surface area contributed by atoms with Gasteiger partial charge >= 0.3 is 5.97 Å². The number of carbonyl (C=O) groups is 3. The van der Waals surface area contributed by atoms with Crippen molar-refractivity contribution in [3.63, 3.8) is 0 Å². The summed E-state index contributed by atoms with van der Waals surface area (Å²) in [5.41, 5.74) is 0.139. The predicted octanol–water partition coefficient (Wildman–Crippen LogP) is 1.94. The van der Waals surface area contributed by atoms with Crippen LogP contribution in [0.5, 0.6) is 11.5 Å². The summed E-state index contributed by atoms with van der Waals surface area (Å²) in [7, 11) is -0.224. The van der Waals surface area contributed by atoms with Gasteiger partial charge in [0.25, 0.3) is 10.0 Å². The van der Waals surface area contributed by atoms with Crippen molar-refractivity contribution in [3.05, 3.63) is 42.0 Å². The Labute approximate surface area is 178 Å². The molecule has 164 valence electrons. The summed E-state index contributed by atoms with van der Waals surface area (Å²) in [6.45, 7) is 0. The van der Waals surface area contributed by atoms with Gasteiger partial charge in [-0.3, -0.25) is 19.2 Å². The SMILES string of the molecule is COC(=O)c1cc(OC)c(OC)cc1NS(=O)(=O)c1ccc(N2C(=O)CCC2=O)cc1. The monoisotopic (exact) mass is 448 g/mol. The molecule has 0 aromatic heterocycles. The Kier molecular flexibility index (Phi) is 6.16. The van der Waals surface area contributed by atoms with Gasteiger partial charge in [0.15, 0.2) is 11.5 Å². The minimum atomic E-state index is -4.13. The largest absolute Gasteiger partial charge is 0.493 e. The van der Waals surface area contributed by atoms with Crippen LogP contribution in [0.25, 0.3) is 0 Å². The quantitative estimate of drug-likeness (QED) is 0.503. The molecule has 1 fully saturated rings. The van der Waals surface area contributed by atoms with E-state index >= 15 is 0 Å². The van der Waals surface area contributed by atoms with Gasteiger partial charge in [0.2, 0.25) is 11.8 Å². The lowest BCUT2D eigenvalue weighted by Crippen LogP contribution is -2.28. The Morgan fingerprint density at radius 2 is 1.48 bits per heavy atom. The van der Waals surface area contributed by atoms with Gasteiger partial charge in [0.1, 0.15) is 0 Å². The number of rotatable bonds is 7. The van der Waals surface area contributed by atoms with Crippen LogP contribution in [0.15, 0.2) is 41.3 Å². The van der Waals surface area contributed by atoms with E-state index in [4.69, 9.17) is 14.2 Å². The first kappa shape index (κ1) is 22.1. The molecule has 11 heteroatoms. The van der Waals surface area contributed by atoms with Gasteiger partial charge in [0, 0.05) is 25.0 Å². The number of amides is 2. The molecule has 0 unspecified atom stereocenters. The van der Waals surface area contributed by atoms with Gasteiger partial charge in [-0.25, -0.2) is 13.2 Å². The zero-order valence-corrected chi connectivity index (χ0v) is 17.8. The first-order valence-corrected chi connectivity index (χ1v) is 10.5. The van der Waals surface area contributed by atoms with E-state index in [1.807, 2.05) is 0 Å². The number of methoxy groups -OCH3 is 3. The van der Waals surface area contributed by atoms with E-state index in [2.05, 4.69) is 4.72 Å². The van der Waals surface area contributed by atoms with Gasteiger partial charge in [-0.1, -0.05) is 0 Å². The summed E-state index contributed by atoms with van der Waals surface area (Å²) in [5, 5.41) is 0. The number of benzene rings is 2. The molecular formula is C20H20N2O8S. The Hall–Kier alpha value is -3.60. The molecule has 0 spiro atoms. The highest BCUT2D eigenvalue weighted by molar-refractivity contribution is 7.92. The van der Waals surface area contributed by atoms with Crippen LogP contribution in [-0.2, 0) is 24.3 Å². The molecule has 0 aliphatic carbocycles. The van der Waals surface area contributed by atoms with E-state index in [-0.39, 0.29) is 58.0 Å². The number of ether oxygens (including phenoxy) is 3. The molecule has 0 atom stereocenters. The summed E-state index contributed by atoms with van der Waals surface area (Å²) >= 11 is 0. The van der Waals surface area contributed by atoms with E-state index in [1.54, 1.807) is 0 Å². The Morgan fingerprint density at radius 3 is 2.00 bits per heavy atom. The van der Waals surface area contributed by atoms with Crippen molar-refractivity contribution in [1.29, 1.82) is 0 Å². The van der Waals surface area contributed by atoms with Gasteiger partial charge in [-0.05, 0) is 24.3 Å². The molecular weight excluding hydrogens is 428 g/mol. The topological polar surface area (TPSA) is 128 Å². The van der Waals surface area contributed by atoms with Crippen molar-refractivity contribution < 1.29 is 37.0 Å². The molecule has 2 aromatic carbocycles. The molecule has 0 bridgehead atoms. The fourth-order valence-electron chi connectivity index (χ4n) is 3.08. The van der Waals surface area contributed by atoms with Gasteiger partial charge in [0.05, 0.1) is 43.2 Å². The molecule has 10 nitrogen and oxygen atoms in total. The van der Waals surface area contributed by atoms with Crippen LogP contribution in [0.4, 0.5) is 11.4 Å². The van der Waals surface area contributed by atoms with Gasteiger partial charge < -0.3 is 14.2 Å². The maximum Gasteiger partial charge on any atom is 0.340 e. The molecule has 1 N–H and O–H groups in total. The zero-order valence-electron chi connectivity index (χ0n) is 17.0. The first-order valence-electron chi connectivity index (χ1n) is 9.05. The second-order valence-corrected chi connectivity index (χ2v) is 8.15. The summed E-state index contributed by atoms with van der Waals surface area (Å²) in [4.78, 5) is 36.8. The van der Waals surface area contributed by atoms with Crippen molar-refractivity contribution in [2.24, 2.45) is 0 Å². The normalized spacial score (nSPS) is 13.8. The third-order valence-corrected chi connectivity index (χ3v) is 6.01. The van der Waals surface area contributed by atoms with E-state index in [1.165, 1.54) is 50.6 Å². The smallest absolute Gasteiger partial charge is 0.340 e. The van der Waals surface area contributed by atoms with Gasteiger partial charge in [-0.15, -0.1) is 0 Å². The fourth-order valence-corrected chi connectivity index (χ4v) is 4.16. The highest BCUT2D eigenvalue weighted by Crippen LogP contribution is 2.35. The average Bonchev–Trinajstić information content (AvgIpc) is 3.10. The van der Waals surface area contributed by atoms with Crippen LogP contribution in [0.2, 0.25) is 0 Å². The lowest BCUT2D eigenvalue weighted by atomic mass is 10.1. The Bertz CT molecular complexity index is 1130. The molecule has 2 amide bonds. The Balaban J connectivity index is 1.95. The van der Waals surface area contributed by atoms with Crippen molar-refractivity contribution >= 4 is 39.2 Å². The van der Waals surface area contributed by atoms with Gasteiger partial charge in [-0.2, -0.15) is 0 Å². The number of nitrogens with one attached hydrogen (secondary N) is 1. The summed E-state index contributed by atoms with van der Waals surface area (Å²) < 4.78 is 43.2. The van der Waals surface area contributed by atoms with Crippen molar-refractivity contribution in [3.8, 4) is 11.5 Å². The third kappa shape index (κ3) is 4.31. The molecule has 1 aliphatic rings. The number of hydrogen-bond donors (Lipinski definition) is 1. The fraction of sp³-hybridized carbons (Fsp3) is 0.250. The van der Waals surface area contributed by atoms with E-state index in [9.17, 15) is 22.8 Å². The minimum absolute atomic E-state index is 0.0709. The van der Waals surface area contributed by atoms with Crippen LogP contribution in [-0.4, -0.2) is 47.5 Å². The number of nitrogens with zero attached hydrogens (tertiary/aromatic N) is 1. The second-order valence-electron chi connectivity index (χ2n) is 6.47. The number of anilines is 2. The number of sulfonamides is 1. The van der Waals surface area contributed by atoms with E-state index in [0.29, 0.717) is 0 Å². The second kappa shape index (κ2) is 8.64. The van der Waals surface area contributed by atoms with E-state index in [0.717, 1.165) is 12.0 Å². The van der Waals surface area contributed by atoms with Crippen molar-refractivity contribution in [1.82, 2.24) is 0 Å². The molecule has 0 radical (unpaired) electrons. The third-order valence-electron chi connectivity index (χ3n) is 4.63. The minimum Gasteiger partial charge on any atom is -0.493 e. The highest BCUT2D eigenvalue weighted by atomic mass is 32.2. The average molecular weight is 448 g/mol. The number of imide groups is 1. The Morgan fingerprint density at radius 1 is 0.935 bits per heavy atom. The lowest BCUT2D eigenvalue weighted by molar-refractivity contribution is -0.121. The molecule has 2 aromatic rings. The molecule has 1 heterocycles. The summed E-state index contributed by atoms with van der Waals surface area (Å²) in [6.07, 6.45) is 0.242. The molecule has 1 saturated heterocycles. The van der Waals surface area contributed by atoms with Crippen LogP contribution in [0.1, 0.15) is 23.2 Å². The predicted molar refractivity (Wildman–Crippen MR) is 110 cm³/mol. The van der Waals surface area contributed by atoms with Crippen LogP contribution >= 0.6 is 0 Å². The zero-order chi connectivity index (χ0) is 22.8. The van der Waals surface area contributed by atoms with E-state index < -0.39 is 16.0 Å².